The number of ether oxygens (including phenoxy) is 1. The summed E-state index contributed by atoms with van der Waals surface area (Å²) >= 11 is 0. The zero-order valence-corrected chi connectivity index (χ0v) is 12.9. The van der Waals surface area contributed by atoms with Crippen molar-refractivity contribution >= 4 is 5.91 Å². The molecule has 0 spiro atoms. The van der Waals surface area contributed by atoms with Crippen LogP contribution in [0.15, 0.2) is 18.3 Å². The van der Waals surface area contributed by atoms with Gasteiger partial charge in [0.1, 0.15) is 5.75 Å². The molecule has 0 aromatic carbocycles. The molecule has 2 aliphatic rings. The molecule has 1 saturated heterocycles. The zero-order valence-electron chi connectivity index (χ0n) is 12.9. The van der Waals surface area contributed by atoms with E-state index in [-0.39, 0.29) is 23.5 Å². The van der Waals surface area contributed by atoms with Gasteiger partial charge in [0.05, 0.1) is 12.7 Å². The number of hydrogen-bond acceptors (Lipinski definition) is 4. The Kier molecular flexibility index (Phi) is 4.93. The number of pyridine rings is 1. The molecule has 3 rings (SSSR count). The van der Waals surface area contributed by atoms with Crippen LogP contribution in [-0.2, 0) is 4.74 Å². The van der Waals surface area contributed by atoms with Gasteiger partial charge >= 0.3 is 0 Å². The first-order valence-corrected chi connectivity index (χ1v) is 8.29. The normalized spacial score (nSPS) is 23.5. The van der Waals surface area contributed by atoms with E-state index in [2.05, 4.69) is 4.98 Å². The third-order valence-corrected chi connectivity index (χ3v) is 4.74. The number of carbonyl (C=O) groups excluding carboxylic acids is 1. The summed E-state index contributed by atoms with van der Waals surface area (Å²) in [6.07, 6.45) is 9.26. The molecule has 1 amide bonds. The maximum Gasteiger partial charge on any atom is 0.276 e. The molecule has 120 valence electrons. The lowest BCUT2D eigenvalue weighted by Gasteiger charge is -2.35. The van der Waals surface area contributed by atoms with Crippen LogP contribution in [0, 0.1) is 5.92 Å². The Bertz CT molecular complexity index is 514. The molecule has 5 nitrogen and oxygen atoms in total. The molecule has 2 heterocycles. The summed E-state index contributed by atoms with van der Waals surface area (Å²) in [5.74, 6) is 0.481. The largest absolute Gasteiger partial charge is 0.505 e. The van der Waals surface area contributed by atoms with Crippen molar-refractivity contribution in [3.63, 3.8) is 0 Å². The van der Waals surface area contributed by atoms with Gasteiger partial charge in [-0.25, -0.2) is 4.98 Å². The second kappa shape index (κ2) is 7.09. The maximum atomic E-state index is 12.5. The highest BCUT2D eigenvalue weighted by Gasteiger charge is 2.29. The molecule has 1 aliphatic heterocycles. The lowest BCUT2D eigenvalue weighted by atomic mass is 9.85. The first-order valence-electron chi connectivity index (χ1n) is 8.29. The summed E-state index contributed by atoms with van der Waals surface area (Å²) in [5, 5.41) is 9.80. The topological polar surface area (TPSA) is 62.7 Å². The third-order valence-electron chi connectivity index (χ3n) is 4.74. The van der Waals surface area contributed by atoms with Crippen LogP contribution in [0.25, 0.3) is 0 Å². The Morgan fingerprint density at radius 3 is 2.95 bits per heavy atom. The average molecular weight is 304 g/mol. The minimum atomic E-state index is -0.199. The first-order chi connectivity index (χ1) is 10.7. The molecule has 1 unspecified atom stereocenters. The molecule has 1 saturated carbocycles. The fraction of sp³-hybridized carbons (Fsp3) is 0.647. The van der Waals surface area contributed by atoms with Gasteiger partial charge < -0.3 is 14.7 Å². The van der Waals surface area contributed by atoms with E-state index in [0.29, 0.717) is 19.7 Å². The second-order valence-corrected chi connectivity index (χ2v) is 6.35. The van der Waals surface area contributed by atoms with Crippen LogP contribution in [-0.4, -0.2) is 46.7 Å². The van der Waals surface area contributed by atoms with E-state index in [4.69, 9.17) is 4.74 Å². The minimum Gasteiger partial charge on any atom is -0.505 e. The SMILES string of the molecule is O=C(c1ncccc1O)N1CCOC(CC2CCCCC2)C1. The van der Waals surface area contributed by atoms with Gasteiger partial charge in [0, 0.05) is 19.3 Å². The van der Waals surface area contributed by atoms with Crippen molar-refractivity contribution < 1.29 is 14.6 Å². The number of amides is 1. The van der Waals surface area contributed by atoms with E-state index >= 15 is 0 Å². The molecule has 1 aromatic heterocycles. The third kappa shape index (κ3) is 3.58. The average Bonchev–Trinajstić information content (AvgIpc) is 2.56. The smallest absolute Gasteiger partial charge is 0.276 e. The van der Waals surface area contributed by atoms with E-state index in [1.54, 1.807) is 11.0 Å². The van der Waals surface area contributed by atoms with Crippen molar-refractivity contribution in [2.75, 3.05) is 19.7 Å². The van der Waals surface area contributed by atoms with Crippen LogP contribution in [0.3, 0.4) is 0 Å². The summed E-state index contributed by atoms with van der Waals surface area (Å²) in [6.45, 7) is 1.73. The van der Waals surface area contributed by atoms with Gasteiger partial charge in [0.15, 0.2) is 5.69 Å². The molecular formula is C17H24N2O3. The molecule has 22 heavy (non-hydrogen) atoms. The maximum absolute atomic E-state index is 12.5. The molecule has 0 radical (unpaired) electrons. The minimum absolute atomic E-state index is 0.0529. The molecule has 5 heteroatoms. The van der Waals surface area contributed by atoms with Crippen molar-refractivity contribution in [2.24, 2.45) is 5.92 Å². The van der Waals surface area contributed by atoms with Gasteiger partial charge in [-0.3, -0.25) is 4.79 Å². The highest BCUT2D eigenvalue weighted by atomic mass is 16.5. The summed E-state index contributed by atoms with van der Waals surface area (Å²) in [4.78, 5) is 18.3. The molecule has 1 aliphatic carbocycles. The van der Waals surface area contributed by atoms with E-state index < -0.39 is 0 Å². The predicted molar refractivity (Wildman–Crippen MR) is 82.7 cm³/mol. The Hall–Kier alpha value is -1.62. The number of nitrogens with zero attached hydrogens (tertiary/aromatic N) is 2. The van der Waals surface area contributed by atoms with Crippen molar-refractivity contribution in [1.29, 1.82) is 0 Å². The van der Waals surface area contributed by atoms with Crippen LogP contribution in [0.2, 0.25) is 0 Å². The van der Waals surface area contributed by atoms with E-state index in [1.807, 2.05) is 0 Å². The van der Waals surface area contributed by atoms with Gasteiger partial charge in [0.2, 0.25) is 0 Å². The fourth-order valence-corrected chi connectivity index (χ4v) is 3.55. The molecular weight excluding hydrogens is 280 g/mol. The van der Waals surface area contributed by atoms with E-state index in [9.17, 15) is 9.90 Å². The van der Waals surface area contributed by atoms with Crippen LogP contribution in [0.1, 0.15) is 49.0 Å². The van der Waals surface area contributed by atoms with Gasteiger partial charge in [-0.1, -0.05) is 32.1 Å². The van der Waals surface area contributed by atoms with Gasteiger partial charge in [-0.05, 0) is 24.5 Å². The quantitative estimate of drug-likeness (QED) is 0.932. The summed E-state index contributed by atoms with van der Waals surface area (Å²) in [5.41, 5.74) is 0.140. The van der Waals surface area contributed by atoms with Gasteiger partial charge in [-0.2, -0.15) is 0 Å². The molecule has 1 aromatic rings. The fourth-order valence-electron chi connectivity index (χ4n) is 3.55. The second-order valence-electron chi connectivity index (χ2n) is 6.35. The van der Waals surface area contributed by atoms with Crippen LogP contribution in [0.4, 0.5) is 0 Å². The van der Waals surface area contributed by atoms with E-state index in [1.165, 1.54) is 44.4 Å². The van der Waals surface area contributed by atoms with Crippen molar-refractivity contribution in [3.05, 3.63) is 24.0 Å². The number of hydrogen-bond donors (Lipinski definition) is 1. The van der Waals surface area contributed by atoms with Gasteiger partial charge in [-0.15, -0.1) is 0 Å². The Morgan fingerprint density at radius 1 is 1.36 bits per heavy atom. The molecule has 0 bridgehead atoms. The Labute approximate surface area is 131 Å². The first kappa shape index (κ1) is 15.3. The van der Waals surface area contributed by atoms with Gasteiger partial charge in [0.25, 0.3) is 5.91 Å². The number of rotatable bonds is 3. The summed E-state index contributed by atoms with van der Waals surface area (Å²) in [6, 6.07) is 3.12. The monoisotopic (exact) mass is 304 g/mol. The van der Waals surface area contributed by atoms with Crippen LogP contribution >= 0.6 is 0 Å². The highest BCUT2D eigenvalue weighted by Crippen LogP contribution is 2.29. The van der Waals surface area contributed by atoms with E-state index in [0.717, 1.165) is 12.3 Å². The standard InChI is InChI=1S/C17H24N2O3/c20-15-7-4-8-18-16(15)17(21)19-9-10-22-14(12-19)11-13-5-2-1-3-6-13/h4,7-8,13-14,20H,1-3,5-6,9-12H2. The van der Waals surface area contributed by atoms with Crippen molar-refractivity contribution in [1.82, 2.24) is 9.88 Å². The lowest BCUT2D eigenvalue weighted by Crippen LogP contribution is -2.46. The number of carbonyl (C=O) groups is 1. The lowest BCUT2D eigenvalue weighted by molar-refractivity contribution is -0.0339. The Balaban J connectivity index is 1.60. The zero-order chi connectivity index (χ0) is 15.4. The van der Waals surface area contributed by atoms with Crippen LogP contribution in [0.5, 0.6) is 5.75 Å². The summed E-state index contributed by atoms with van der Waals surface area (Å²) < 4.78 is 5.85. The molecule has 1 atom stereocenters. The summed E-state index contributed by atoms with van der Waals surface area (Å²) in [7, 11) is 0. The predicted octanol–water partition coefficient (Wildman–Crippen LogP) is 2.60. The van der Waals surface area contributed by atoms with Crippen molar-refractivity contribution in [3.8, 4) is 5.75 Å². The number of aromatic hydroxyl groups is 1. The van der Waals surface area contributed by atoms with Crippen molar-refractivity contribution in [2.45, 2.75) is 44.6 Å². The molecule has 2 fully saturated rings. The van der Waals surface area contributed by atoms with Crippen LogP contribution < -0.4 is 0 Å². The number of aromatic nitrogens is 1. The molecule has 1 N–H and O–H groups in total. The highest BCUT2D eigenvalue weighted by molar-refractivity contribution is 5.94. The number of morpholine rings is 1. The Morgan fingerprint density at radius 2 is 2.18 bits per heavy atom.